The van der Waals surface area contributed by atoms with Gasteiger partial charge >= 0.3 is 0 Å². The minimum atomic E-state index is 0.334. The van der Waals surface area contributed by atoms with Gasteiger partial charge in [-0.3, -0.25) is 0 Å². The van der Waals surface area contributed by atoms with Crippen LogP contribution in [0.5, 0.6) is 0 Å². The summed E-state index contributed by atoms with van der Waals surface area (Å²) >= 11 is 0. The molecule has 32 heavy (non-hydrogen) atoms. The molecule has 1 aliphatic rings. The van der Waals surface area contributed by atoms with Crippen LogP contribution in [0.4, 0.5) is 11.9 Å². The SMILES string of the molecule is c1ccc(-c2nc(NC3CCN(c4nc5ccccc5[nH]4)CC3)nc3ccccc23)cc1. The predicted molar refractivity (Wildman–Crippen MR) is 130 cm³/mol. The number of imidazole rings is 1. The first kappa shape index (κ1) is 18.8. The van der Waals surface area contributed by atoms with E-state index >= 15 is 0 Å². The molecule has 0 saturated carbocycles. The Bertz CT molecular complexity index is 1340. The lowest BCUT2D eigenvalue weighted by molar-refractivity contribution is 0.519. The van der Waals surface area contributed by atoms with Gasteiger partial charge in [0.25, 0.3) is 0 Å². The van der Waals surface area contributed by atoms with Crippen molar-refractivity contribution in [3.63, 3.8) is 0 Å². The molecule has 0 aliphatic carbocycles. The van der Waals surface area contributed by atoms with Gasteiger partial charge in [0.05, 0.1) is 22.2 Å². The number of nitrogens with zero attached hydrogens (tertiary/aromatic N) is 4. The van der Waals surface area contributed by atoms with Gasteiger partial charge in [-0.15, -0.1) is 0 Å². The third-order valence-corrected chi connectivity index (χ3v) is 6.16. The maximum atomic E-state index is 4.92. The largest absolute Gasteiger partial charge is 0.351 e. The second kappa shape index (κ2) is 7.96. The lowest BCUT2D eigenvalue weighted by Gasteiger charge is -2.32. The first-order valence-electron chi connectivity index (χ1n) is 11.1. The van der Waals surface area contributed by atoms with Crippen molar-refractivity contribution in [1.82, 2.24) is 19.9 Å². The molecule has 0 amide bonds. The number of fused-ring (bicyclic) bond motifs is 2. The van der Waals surface area contributed by atoms with Gasteiger partial charge in [-0.25, -0.2) is 15.0 Å². The Kier molecular flexibility index (Phi) is 4.68. The van der Waals surface area contributed by atoms with Crippen molar-refractivity contribution in [3.8, 4) is 11.3 Å². The molecule has 0 spiro atoms. The van der Waals surface area contributed by atoms with Crippen molar-refractivity contribution in [2.24, 2.45) is 0 Å². The zero-order valence-corrected chi connectivity index (χ0v) is 17.7. The van der Waals surface area contributed by atoms with Crippen molar-refractivity contribution in [3.05, 3.63) is 78.9 Å². The first-order valence-corrected chi connectivity index (χ1v) is 11.1. The summed E-state index contributed by atoms with van der Waals surface area (Å²) < 4.78 is 0. The second-order valence-corrected chi connectivity index (χ2v) is 8.26. The molecule has 6 nitrogen and oxygen atoms in total. The molecule has 5 aromatic rings. The highest BCUT2D eigenvalue weighted by atomic mass is 15.3. The second-order valence-electron chi connectivity index (χ2n) is 8.26. The van der Waals surface area contributed by atoms with E-state index in [2.05, 4.69) is 45.5 Å². The normalized spacial score (nSPS) is 14.8. The van der Waals surface area contributed by atoms with E-state index in [1.165, 1.54) is 0 Å². The lowest BCUT2D eigenvalue weighted by Crippen LogP contribution is -2.40. The van der Waals surface area contributed by atoms with Crippen molar-refractivity contribution in [2.75, 3.05) is 23.3 Å². The summed E-state index contributed by atoms with van der Waals surface area (Å²) in [5.41, 5.74) is 5.14. The van der Waals surface area contributed by atoms with E-state index in [0.29, 0.717) is 12.0 Å². The van der Waals surface area contributed by atoms with Gasteiger partial charge < -0.3 is 15.2 Å². The van der Waals surface area contributed by atoms with Gasteiger partial charge in [-0.05, 0) is 31.0 Å². The van der Waals surface area contributed by atoms with E-state index in [4.69, 9.17) is 15.0 Å². The fourth-order valence-electron chi connectivity index (χ4n) is 4.46. The molecule has 6 rings (SSSR count). The van der Waals surface area contributed by atoms with E-state index in [0.717, 1.165) is 65.1 Å². The Morgan fingerprint density at radius 2 is 1.47 bits per heavy atom. The van der Waals surface area contributed by atoms with Crippen LogP contribution in [-0.2, 0) is 0 Å². The van der Waals surface area contributed by atoms with Crippen LogP contribution in [0.3, 0.4) is 0 Å². The molecule has 0 bridgehead atoms. The molecule has 1 aliphatic heterocycles. The van der Waals surface area contributed by atoms with E-state index in [1.54, 1.807) is 0 Å². The van der Waals surface area contributed by atoms with Crippen LogP contribution in [0.25, 0.3) is 33.2 Å². The quantitative estimate of drug-likeness (QED) is 0.415. The fourth-order valence-corrected chi connectivity index (χ4v) is 4.46. The van der Waals surface area contributed by atoms with Crippen LogP contribution in [0.15, 0.2) is 78.9 Å². The summed E-state index contributed by atoms with van der Waals surface area (Å²) in [4.78, 5) is 20.2. The average Bonchev–Trinajstić information content (AvgIpc) is 3.29. The molecule has 0 unspecified atom stereocenters. The maximum Gasteiger partial charge on any atom is 0.224 e. The molecule has 0 radical (unpaired) electrons. The Hall–Kier alpha value is -3.93. The number of H-pyrrole nitrogens is 1. The van der Waals surface area contributed by atoms with E-state index < -0.39 is 0 Å². The molecule has 3 aromatic carbocycles. The third-order valence-electron chi connectivity index (χ3n) is 6.16. The molecule has 1 fully saturated rings. The molecule has 1 saturated heterocycles. The highest BCUT2D eigenvalue weighted by Gasteiger charge is 2.22. The van der Waals surface area contributed by atoms with E-state index in [-0.39, 0.29) is 0 Å². The molecule has 0 atom stereocenters. The van der Waals surface area contributed by atoms with Gasteiger partial charge in [0.15, 0.2) is 0 Å². The maximum absolute atomic E-state index is 4.92. The smallest absolute Gasteiger partial charge is 0.224 e. The number of para-hydroxylation sites is 3. The summed E-state index contributed by atoms with van der Waals surface area (Å²) in [6.45, 7) is 1.88. The number of hydrogen-bond acceptors (Lipinski definition) is 5. The summed E-state index contributed by atoms with van der Waals surface area (Å²) in [5.74, 6) is 1.66. The third kappa shape index (κ3) is 3.54. The molecule has 3 heterocycles. The average molecular weight is 421 g/mol. The number of rotatable bonds is 4. The molecule has 6 heteroatoms. The zero-order valence-electron chi connectivity index (χ0n) is 17.7. The molecular formula is C26H24N6. The Balaban J connectivity index is 1.22. The summed E-state index contributed by atoms with van der Waals surface area (Å²) in [5, 5.41) is 4.68. The van der Waals surface area contributed by atoms with Crippen LogP contribution >= 0.6 is 0 Å². The number of aromatic nitrogens is 4. The molecular weight excluding hydrogens is 396 g/mol. The molecule has 158 valence electrons. The minimum Gasteiger partial charge on any atom is -0.351 e. The van der Waals surface area contributed by atoms with Crippen LogP contribution in [-0.4, -0.2) is 39.1 Å². The number of hydrogen-bond donors (Lipinski definition) is 2. The van der Waals surface area contributed by atoms with Gasteiger partial charge in [0.1, 0.15) is 0 Å². The van der Waals surface area contributed by atoms with Crippen molar-refractivity contribution >= 4 is 33.8 Å². The lowest BCUT2D eigenvalue weighted by atomic mass is 10.1. The highest BCUT2D eigenvalue weighted by Crippen LogP contribution is 2.28. The highest BCUT2D eigenvalue weighted by molar-refractivity contribution is 5.93. The van der Waals surface area contributed by atoms with Gasteiger partial charge in [0, 0.05) is 30.1 Å². The number of anilines is 2. The Morgan fingerprint density at radius 3 is 2.28 bits per heavy atom. The summed E-state index contributed by atoms with van der Waals surface area (Å²) in [7, 11) is 0. The molecule has 2 N–H and O–H groups in total. The minimum absolute atomic E-state index is 0.334. The Labute approximate surface area is 186 Å². The fraction of sp³-hybridized carbons (Fsp3) is 0.192. The van der Waals surface area contributed by atoms with E-state index in [9.17, 15) is 0 Å². The van der Waals surface area contributed by atoms with Gasteiger partial charge in [-0.1, -0.05) is 60.7 Å². The van der Waals surface area contributed by atoms with Gasteiger partial charge in [0.2, 0.25) is 11.9 Å². The molecule has 2 aromatic heterocycles. The van der Waals surface area contributed by atoms with Crippen LogP contribution in [0.1, 0.15) is 12.8 Å². The standard InChI is InChI=1S/C26H24N6/c1-2-8-18(9-3-1)24-20-10-4-5-11-21(20)28-25(31-24)27-19-14-16-32(17-15-19)26-29-22-12-6-7-13-23(22)30-26/h1-13,19H,14-17H2,(H,29,30)(H,27,28,31). The van der Waals surface area contributed by atoms with Crippen molar-refractivity contribution in [2.45, 2.75) is 18.9 Å². The monoisotopic (exact) mass is 420 g/mol. The van der Waals surface area contributed by atoms with E-state index in [1.807, 2.05) is 48.5 Å². The number of benzene rings is 3. The van der Waals surface area contributed by atoms with Crippen LogP contribution in [0.2, 0.25) is 0 Å². The van der Waals surface area contributed by atoms with Gasteiger partial charge in [-0.2, -0.15) is 0 Å². The Morgan fingerprint density at radius 1 is 0.750 bits per heavy atom. The predicted octanol–water partition coefficient (Wildman–Crippen LogP) is 5.25. The van der Waals surface area contributed by atoms with Crippen LogP contribution in [0, 0.1) is 0 Å². The van der Waals surface area contributed by atoms with Crippen molar-refractivity contribution < 1.29 is 0 Å². The topological polar surface area (TPSA) is 69.7 Å². The number of nitrogens with one attached hydrogen (secondary N) is 2. The number of aromatic amines is 1. The summed E-state index contributed by atoms with van der Waals surface area (Å²) in [6.07, 6.45) is 2.02. The summed E-state index contributed by atoms with van der Waals surface area (Å²) in [6, 6.07) is 27.1. The van der Waals surface area contributed by atoms with Crippen molar-refractivity contribution in [1.29, 1.82) is 0 Å². The zero-order chi connectivity index (χ0) is 21.3. The van der Waals surface area contributed by atoms with Crippen LogP contribution < -0.4 is 10.2 Å². The number of piperidine rings is 1. The first-order chi connectivity index (χ1) is 15.8.